The number of halogens is 1. The summed E-state index contributed by atoms with van der Waals surface area (Å²) in [4.78, 5) is 0.759. The van der Waals surface area contributed by atoms with Gasteiger partial charge >= 0.3 is 0 Å². The summed E-state index contributed by atoms with van der Waals surface area (Å²) in [5.74, 6) is 2.82. The van der Waals surface area contributed by atoms with Crippen molar-refractivity contribution in [3.63, 3.8) is 0 Å². The number of rotatable bonds is 2. The highest BCUT2D eigenvalue weighted by atomic mass is 79.9. The average molecular weight is 233 g/mol. The lowest BCUT2D eigenvalue weighted by atomic mass is 9.74. The highest BCUT2D eigenvalue weighted by molar-refractivity contribution is 9.09. The Morgan fingerprint density at radius 1 is 1.33 bits per heavy atom. The number of hydrogen-bond donors (Lipinski definition) is 0. The second kappa shape index (κ2) is 4.64. The first-order valence-electron chi connectivity index (χ1n) is 5.29. The molecule has 0 amide bonds. The van der Waals surface area contributed by atoms with E-state index in [0.717, 1.165) is 22.6 Å². The minimum absolute atomic E-state index is 0.759. The summed E-state index contributed by atoms with van der Waals surface area (Å²) in [6.07, 6.45) is 5.60. The molecule has 0 nitrogen and oxygen atoms in total. The molecular formula is C11H21Br. The van der Waals surface area contributed by atoms with Crippen LogP contribution in [-0.4, -0.2) is 4.83 Å². The van der Waals surface area contributed by atoms with E-state index < -0.39 is 0 Å². The summed E-state index contributed by atoms with van der Waals surface area (Å²) >= 11 is 3.81. The summed E-state index contributed by atoms with van der Waals surface area (Å²) in [7, 11) is 0. The second-order valence-electron chi connectivity index (χ2n) is 4.48. The highest BCUT2D eigenvalue weighted by Gasteiger charge is 2.29. The topological polar surface area (TPSA) is 0 Å². The van der Waals surface area contributed by atoms with E-state index in [2.05, 4.69) is 36.7 Å². The van der Waals surface area contributed by atoms with Crippen LogP contribution in [0, 0.1) is 17.8 Å². The molecule has 0 aliphatic heterocycles. The molecule has 1 fully saturated rings. The molecule has 4 atom stereocenters. The molecule has 1 heteroatoms. The van der Waals surface area contributed by atoms with Gasteiger partial charge in [0.1, 0.15) is 0 Å². The lowest BCUT2D eigenvalue weighted by Gasteiger charge is -2.35. The monoisotopic (exact) mass is 232 g/mol. The van der Waals surface area contributed by atoms with E-state index in [-0.39, 0.29) is 0 Å². The van der Waals surface area contributed by atoms with Crippen LogP contribution in [0.3, 0.4) is 0 Å². The Morgan fingerprint density at radius 3 is 2.58 bits per heavy atom. The molecule has 1 saturated carbocycles. The van der Waals surface area contributed by atoms with Gasteiger partial charge < -0.3 is 0 Å². The third-order valence-electron chi connectivity index (χ3n) is 3.37. The molecule has 1 aliphatic rings. The average Bonchev–Trinajstić information content (AvgIpc) is 2.08. The van der Waals surface area contributed by atoms with Gasteiger partial charge in [-0.05, 0) is 30.6 Å². The molecule has 0 saturated heterocycles. The van der Waals surface area contributed by atoms with Crippen molar-refractivity contribution in [3.8, 4) is 0 Å². The maximum Gasteiger partial charge on any atom is 0.0174 e. The van der Waals surface area contributed by atoms with Crippen molar-refractivity contribution in [2.75, 3.05) is 0 Å². The molecule has 4 unspecified atom stereocenters. The van der Waals surface area contributed by atoms with E-state index in [1.807, 2.05) is 0 Å². The van der Waals surface area contributed by atoms with Gasteiger partial charge in [0.15, 0.2) is 0 Å². The minimum atomic E-state index is 0.759. The van der Waals surface area contributed by atoms with Crippen molar-refractivity contribution in [1.29, 1.82) is 0 Å². The Kier molecular flexibility index (Phi) is 4.09. The first-order chi connectivity index (χ1) is 5.65. The van der Waals surface area contributed by atoms with Crippen LogP contribution >= 0.6 is 15.9 Å². The predicted molar refractivity (Wildman–Crippen MR) is 58.7 cm³/mol. The van der Waals surface area contributed by atoms with Crippen molar-refractivity contribution >= 4 is 15.9 Å². The Morgan fingerprint density at radius 2 is 2.00 bits per heavy atom. The number of hydrogen-bond acceptors (Lipinski definition) is 0. The van der Waals surface area contributed by atoms with Gasteiger partial charge in [0, 0.05) is 4.83 Å². The van der Waals surface area contributed by atoms with Crippen LogP contribution in [0.1, 0.15) is 46.5 Å². The van der Waals surface area contributed by atoms with E-state index in [9.17, 15) is 0 Å². The molecule has 72 valence electrons. The van der Waals surface area contributed by atoms with Gasteiger partial charge in [-0.3, -0.25) is 0 Å². The lowest BCUT2D eigenvalue weighted by Crippen LogP contribution is -2.28. The normalized spacial score (nSPS) is 39.5. The largest absolute Gasteiger partial charge is 0.0888 e. The molecule has 0 heterocycles. The Labute approximate surface area is 85.3 Å². The van der Waals surface area contributed by atoms with Crippen molar-refractivity contribution in [3.05, 3.63) is 0 Å². The SMILES string of the molecule is CCC(Br)C1CC(C)CCC1C. The highest BCUT2D eigenvalue weighted by Crippen LogP contribution is 2.38. The zero-order valence-corrected chi connectivity index (χ0v) is 10.1. The number of alkyl halides is 1. The van der Waals surface area contributed by atoms with Crippen LogP contribution in [0.15, 0.2) is 0 Å². The molecule has 0 N–H and O–H groups in total. The molecular weight excluding hydrogens is 212 g/mol. The molecule has 12 heavy (non-hydrogen) atoms. The van der Waals surface area contributed by atoms with Crippen LogP contribution in [0.25, 0.3) is 0 Å². The smallest absolute Gasteiger partial charge is 0.0174 e. The summed E-state index contributed by atoms with van der Waals surface area (Å²) in [6.45, 7) is 7.10. The van der Waals surface area contributed by atoms with E-state index in [1.54, 1.807) is 0 Å². The van der Waals surface area contributed by atoms with Crippen molar-refractivity contribution in [1.82, 2.24) is 0 Å². The van der Waals surface area contributed by atoms with E-state index >= 15 is 0 Å². The molecule has 0 aromatic rings. The Hall–Kier alpha value is 0.480. The van der Waals surface area contributed by atoms with Crippen LogP contribution in [-0.2, 0) is 0 Å². The minimum Gasteiger partial charge on any atom is -0.0888 e. The van der Waals surface area contributed by atoms with Gasteiger partial charge in [-0.15, -0.1) is 0 Å². The molecule has 0 aromatic heterocycles. The first-order valence-corrected chi connectivity index (χ1v) is 6.20. The maximum absolute atomic E-state index is 3.81. The van der Waals surface area contributed by atoms with Gasteiger partial charge in [0.2, 0.25) is 0 Å². The Balaban J connectivity index is 2.48. The zero-order valence-electron chi connectivity index (χ0n) is 8.52. The van der Waals surface area contributed by atoms with E-state index in [4.69, 9.17) is 0 Å². The maximum atomic E-state index is 3.81. The van der Waals surface area contributed by atoms with Crippen LogP contribution in [0.2, 0.25) is 0 Å². The predicted octanol–water partition coefficient (Wildman–Crippen LogP) is 4.23. The molecule has 0 bridgehead atoms. The molecule has 0 spiro atoms. The van der Waals surface area contributed by atoms with Gasteiger partial charge in [-0.1, -0.05) is 49.5 Å². The summed E-state index contributed by atoms with van der Waals surface area (Å²) in [6, 6.07) is 0. The van der Waals surface area contributed by atoms with Gasteiger partial charge in [0.05, 0.1) is 0 Å². The van der Waals surface area contributed by atoms with Crippen LogP contribution in [0.4, 0.5) is 0 Å². The lowest BCUT2D eigenvalue weighted by molar-refractivity contribution is 0.199. The molecule has 0 radical (unpaired) electrons. The molecule has 0 aromatic carbocycles. The van der Waals surface area contributed by atoms with Gasteiger partial charge in [-0.2, -0.15) is 0 Å². The summed E-state index contributed by atoms with van der Waals surface area (Å²) in [5.41, 5.74) is 0. The zero-order chi connectivity index (χ0) is 9.14. The fraction of sp³-hybridized carbons (Fsp3) is 1.00. The standard InChI is InChI=1S/C11H21Br/c1-4-11(12)10-7-8(2)5-6-9(10)3/h8-11H,4-7H2,1-3H3. The van der Waals surface area contributed by atoms with Crippen molar-refractivity contribution in [2.24, 2.45) is 17.8 Å². The van der Waals surface area contributed by atoms with Crippen LogP contribution in [0.5, 0.6) is 0 Å². The summed E-state index contributed by atoms with van der Waals surface area (Å²) < 4.78 is 0. The third-order valence-corrected chi connectivity index (χ3v) is 4.70. The van der Waals surface area contributed by atoms with Crippen molar-refractivity contribution in [2.45, 2.75) is 51.3 Å². The fourth-order valence-corrected chi connectivity index (χ4v) is 3.12. The molecule has 1 aliphatic carbocycles. The second-order valence-corrected chi connectivity index (χ2v) is 5.66. The van der Waals surface area contributed by atoms with Crippen LogP contribution < -0.4 is 0 Å². The first kappa shape index (κ1) is 10.6. The molecule has 1 rings (SSSR count). The van der Waals surface area contributed by atoms with E-state index in [1.165, 1.54) is 25.7 Å². The fourth-order valence-electron chi connectivity index (χ4n) is 2.38. The quantitative estimate of drug-likeness (QED) is 0.626. The van der Waals surface area contributed by atoms with Gasteiger partial charge in [-0.25, -0.2) is 0 Å². The van der Waals surface area contributed by atoms with E-state index in [0.29, 0.717) is 0 Å². The Bertz CT molecular complexity index is 129. The van der Waals surface area contributed by atoms with Gasteiger partial charge in [0.25, 0.3) is 0 Å². The summed E-state index contributed by atoms with van der Waals surface area (Å²) in [5, 5.41) is 0. The third kappa shape index (κ3) is 2.48. The van der Waals surface area contributed by atoms with Crippen molar-refractivity contribution < 1.29 is 0 Å².